The van der Waals surface area contributed by atoms with Crippen LogP contribution >= 0.6 is 0 Å². The van der Waals surface area contributed by atoms with E-state index in [0.717, 1.165) is 0 Å². The lowest BCUT2D eigenvalue weighted by molar-refractivity contribution is 0.887. The maximum Gasteiger partial charge on any atom is 0.000167 e. The van der Waals surface area contributed by atoms with Crippen molar-refractivity contribution in [1.29, 1.82) is 0 Å². The molecule has 0 N–H and O–H groups in total. The highest BCUT2D eigenvalue weighted by Crippen LogP contribution is 2.41. The van der Waals surface area contributed by atoms with E-state index in [1.165, 1.54) is 39.0 Å². The third-order valence-corrected chi connectivity index (χ3v) is 3.85. The van der Waals surface area contributed by atoms with Crippen molar-refractivity contribution >= 4 is 0 Å². The Morgan fingerprint density at radius 1 is 1.12 bits per heavy atom. The van der Waals surface area contributed by atoms with E-state index in [9.17, 15) is 0 Å². The lowest BCUT2D eigenvalue weighted by Gasteiger charge is -2.13. The molecule has 0 amide bonds. The quantitative estimate of drug-likeness (QED) is 0.594. The van der Waals surface area contributed by atoms with Crippen LogP contribution in [0.25, 0.3) is 0 Å². The fourth-order valence-electron chi connectivity index (χ4n) is 2.72. The zero-order valence-corrected chi connectivity index (χ0v) is 11.7. The van der Waals surface area contributed by atoms with E-state index in [-0.39, 0.29) is 0 Å². The summed E-state index contributed by atoms with van der Waals surface area (Å²) in [5, 5.41) is 0. The van der Waals surface area contributed by atoms with Gasteiger partial charge in [-0.25, -0.2) is 0 Å². The topological polar surface area (TPSA) is 0 Å². The summed E-state index contributed by atoms with van der Waals surface area (Å²) < 4.78 is 0. The Bertz CT molecular complexity index is 512. The predicted molar refractivity (Wildman–Crippen MR) is 74.5 cm³/mol. The van der Waals surface area contributed by atoms with Crippen molar-refractivity contribution in [3.63, 3.8) is 0 Å². The average molecular weight is 225 g/mol. The highest BCUT2D eigenvalue weighted by molar-refractivity contribution is 5.64. The van der Waals surface area contributed by atoms with Crippen molar-refractivity contribution in [1.82, 2.24) is 0 Å². The van der Waals surface area contributed by atoms with Crippen molar-refractivity contribution in [2.45, 2.75) is 41.5 Å². The molecule has 0 heterocycles. The molecule has 0 aromatic rings. The van der Waals surface area contributed by atoms with E-state index in [1.54, 1.807) is 0 Å². The second kappa shape index (κ2) is 4.18. The molecular formula is C17H21. The maximum atomic E-state index is 3.62. The van der Waals surface area contributed by atoms with Crippen molar-refractivity contribution in [3.05, 3.63) is 57.2 Å². The van der Waals surface area contributed by atoms with Crippen LogP contribution in [0.1, 0.15) is 41.5 Å². The normalized spacial score (nSPS) is 24.0. The first-order chi connectivity index (χ1) is 7.93. The molecule has 0 saturated carbocycles. The summed E-state index contributed by atoms with van der Waals surface area (Å²) in [6.07, 6.45) is 8.13. The Kier molecular flexibility index (Phi) is 2.99. The molecule has 0 aromatic heterocycles. The molecule has 1 atom stereocenters. The second-order valence-electron chi connectivity index (χ2n) is 5.37. The van der Waals surface area contributed by atoms with E-state index in [1.807, 2.05) is 0 Å². The standard InChI is InChI=1S/C17H21/c1-10(2)15-9-16(14(6)13(15)5)17-11(3)7-8-12(17)4/h7-8,11H,1-6H3. The van der Waals surface area contributed by atoms with Crippen molar-refractivity contribution in [2.24, 2.45) is 5.92 Å². The van der Waals surface area contributed by atoms with E-state index < -0.39 is 0 Å². The van der Waals surface area contributed by atoms with Gasteiger partial charge in [0, 0.05) is 5.92 Å². The Morgan fingerprint density at radius 2 is 1.76 bits per heavy atom. The number of hydrogen-bond acceptors (Lipinski definition) is 0. The number of allylic oxidation sites excluding steroid dienone is 10. The molecule has 0 fully saturated rings. The monoisotopic (exact) mass is 225 g/mol. The van der Waals surface area contributed by atoms with Gasteiger partial charge >= 0.3 is 0 Å². The summed E-state index contributed by atoms with van der Waals surface area (Å²) in [7, 11) is 0. The first-order valence-corrected chi connectivity index (χ1v) is 6.32. The van der Waals surface area contributed by atoms with Gasteiger partial charge in [0.25, 0.3) is 0 Å². The molecule has 0 aromatic carbocycles. The molecule has 89 valence electrons. The minimum atomic E-state index is 0.525. The van der Waals surface area contributed by atoms with Crippen LogP contribution in [-0.4, -0.2) is 0 Å². The van der Waals surface area contributed by atoms with Gasteiger partial charge in [0.15, 0.2) is 0 Å². The van der Waals surface area contributed by atoms with Crippen LogP contribution in [-0.2, 0) is 0 Å². The highest BCUT2D eigenvalue weighted by atomic mass is 14.3. The largest absolute Gasteiger partial charge is 0.0770 e. The molecule has 0 aliphatic heterocycles. The van der Waals surface area contributed by atoms with Crippen molar-refractivity contribution < 1.29 is 0 Å². The summed E-state index contributed by atoms with van der Waals surface area (Å²) in [6, 6.07) is 0. The molecular weight excluding hydrogens is 204 g/mol. The maximum absolute atomic E-state index is 3.62. The zero-order valence-electron chi connectivity index (χ0n) is 11.7. The van der Waals surface area contributed by atoms with Crippen molar-refractivity contribution in [2.75, 3.05) is 0 Å². The molecule has 2 aliphatic carbocycles. The number of rotatable bonds is 1. The smallest absolute Gasteiger partial charge is 0.000167 e. The Hall–Kier alpha value is -1.30. The van der Waals surface area contributed by atoms with Gasteiger partial charge in [0.2, 0.25) is 0 Å². The fourth-order valence-corrected chi connectivity index (χ4v) is 2.72. The summed E-state index contributed by atoms with van der Waals surface area (Å²) in [5.74, 6) is 0.525. The molecule has 2 rings (SSSR count). The van der Waals surface area contributed by atoms with Crippen LogP contribution in [0.2, 0.25) is 0 Å². The van der Waals surface area contributed by atoms with Gasteiger partial charge in [0.05, 0.1) is 0 Å². The van der Waals surface area contributed by atoms with E-state index in [0.29, 0.717) is 5.92 Å². The summed E-state index contributed by atoms with van der Waals surface area (Å²) >= 11 is 0. The third kappa shape index (κ3) is 1.86. The van der Waals surface area contributed by atoms with Crippen LogP contribution in [0.5, 0.6) is 0 Å². The summed E-state index contributed by atoms with van der Waals surface area (Å²) in [4.78, 5) is 0. The molecule has 0 saturated heterocycles. The van der Waals surface area contributed by atoms with Gasteiger partial charge < -0.3 is 0 Å². The Morgan fingerprint density at radius 3 is 2.18 bits per heavy atom. The highest BCUT2D eigenvalue weighted by Gasteiger charge is 2.24. The molecule has 2 aliphatic rings. The second-order valence-corrected chi connectivity index (χ2v) is 5.37. The third-order valence-electron chi connectivity index (χ3n) is 3.85. The lowest BCUT2D eigenvalue weighted by atomic mass is 9.91. The van der Waals surface area contributed by atoms with Gasteiger partial charge in [-0.05, 0) is 74.1 Å². The van der Waals surface area contributed by atoms with Gasteiger partial charge in [-0.15, -0.1) is 0 Å². The summed E-state index contributed by atoms with van der Waals surface area (Å²) in [6.45, 7) is 13.2. The first-order valence-electron chi connectivity index (χ1n) is 6.32. The minimum Gasteiger partial charge on any atom is -0.0770 e. The first kappa shape index (κ1) is 12.2. The van der Waals surface area contributed by atoms with Crippen LogP contribution in [0.15, 0.2) is 51.2 Å². The molecule has 17 heavy (non-hydrogen) atoms. The van der Waals surface area contributed by atoms with Gasteiger partial charge in [0.1, 0.15) is 0 Å². The van der Waals surface area contributed by atoms with Crippen LogP contribution < -0.4 is 0 Å². The van der Waals surface area contributed by atoms with Crippen molar-refractivity contribution in [3.8, 4) is 0 Å². The summed E-state index contributed by atoms with van der Waals surface area (Å²) in [5.41, 5.74) is 9.62. The zero-order chi connectivity index (χ0) is 12.7. The minimum absolute atomic E-state index is 0.525. The molecule has 1 unspecified atom stereocenters. The predicted octanol–water partition coefficient (Wildman–Crippen LogP) is 4.92. The molecule has 1 radical (unpaired) electrons. The van der Waals surface area contributed by atoms with E-state index in [2.05, 4.69) is 59.8 Å². The Balaban J connectivity index is 2.55. The molecule has 0 bridgehead atoms. The molecule has 0 nitrogen and oxygen atoms in total. The molecule has 0 heteroatoms. The molecule has 0 spiro atoms. The van der Waals surface area contributed by atoms with Crippen LogP contribution in [0, 0.1) is 12.0 Å². The fraction of sp³-hybridized carbons (Fsp3) is 0.412. The van der Waals surface area contributed by atoms with Crippen LogP contribution in [0.3, 0.4) is 0 Å². The van der Waals surface area contributed by atoms with E-state index >= 15 is 0 Å². The Labute approximate surface area is 105 Å². The van der Waals surface area contributed by atoms with Gasteiger partial charge in [-0.3, -0.25) is 0 Å². The van der Waals surface area contributed by atoms with Crippen LogP contribution in [0.4, 0.5) is 0 Å². The number of hydrogen-bond donors (Lipinski definition) is 0. The van der Waals surface area contributed by atoms with Gasteiger partial charge in [-0.2, -0.15) is 0 Å². The lowest BCUT2D eigenvalue weighted by Crippen LogP contribution is -1.98. The van der Waals surface area contributed by atoms with E-state index in [4.69, 9.17) is 0 Å². The average Bonchev–Trinajstić information content (AvgIpc) is 2.72. The SMILES string of the molecule is CC(C)=C1[C]=C(C2=C(C)C=CC2C)C(C)=C1C. The van der Waals surface area contributed by atoms with Gasteiger partial charge in [-0.1, -0.05) is 24.6 Å².